The topological polar surface area (TPSA) is 33.3 Å². The maximum absolute atomic E-state index is 13.4. The molecule has 1 saturated heterocycles. The SMILES string of the molecule is COc1ccc(NCC2CCCN2)cc1F. The summed E-state index contributed by atoms with van der Waals surface area (Å²) in [7, 11) is 1.47. The summed E-state index contributed by atoms with van der Waals surface area (Å²) in [6.07, 6.45) is 2.41. The zero-order valence-corrected chi connectivity index (χ0v) is 9.42. The number of methoxy groups -OCH3 is 1. The number of hydrogen-bond acceptors (Lipinski definition) is 3. The molecule has 0 aliphatic carbocycles. The number of ether oxygens (including phenoxy) is 1. The zero-order valence-electron chi connectivity index (χ0n) is 9.42. The molecule has 1 aliphatic rings. The average Bonchev–Trinajstić information content (AvgIpc) is 2.79. The molecule has 0 saturated carbocycles. The summed E-state index contributed by atoms with van der Waals surface area (Å²) < 4.78 is 18.2. The van der Waals surface area contributed by atoms with E-state index in [-0.39, 0.29) is 11.6 Å². The molecule has 0 radical (unpaired) electrons. The normalized spacial score (nSPS) is 19.8. The van der Waals surface area contributed by atoms with Gasteiger partial charge in [0.15, 0.2) is 11.6 Å². The fourth-order valence-corrected chi connectivity index (χ4v) is 1.95. The van der Waals surface area contributed by atoms with E-state index in [1.165, 1.54) is 26.0 Å². The first-order chi connectivity index (χ1) is 7.79. The lowest BCUT2D eigenvalue weighted by atomic mass is 10.2. The van der Waals surface area contributed by atoms with E-state index in [1.807, 2.05) is 6.07 Å². The van der Waals surface area contributed by atoms with Crippen LogP contribution in [0.5, 0.6) is 5.75 Å². The van der Waals surface area contributed by atoms with E-state index in [2.05, 4.69) is 10.6 Å². The van der Waals surface area contributed by atoms with E-state index in [0.717, 1.165) is 18.8 Å². The molecule has 0 spiro atoms. The van der Waals surface area contributed by atoms with Crippen molar-refractivity contribution < 1.29 is 9.13 Å². The summed E-state index contributed by atoms with van der Waals surface area (Å²) in [4.78, 5) is 0. The predicted octanol–water partition coefficient (Wildman–Crippen LogP) is 2.00. The third-order valence-corrected chi connectivity index (χ3v) is 2.87. The lowest BCUT2D eigenvalue weighted by Gasteiger charge is -2.13. The van der Waals surface area contributed by atoms with E-state index in [4.69, 9.17) is 4.74 Å². The summed E-state index contributed by atoms with van der Waals surface area (Å²) in [5.74, 6) is -0.0450. The fraction of sp³-hybridized carbons (Fsp3) is 0.500. The van der Waals surface area contributed by atoms with Gasteiger partial charge < -0.3 is 15.4 Å². The van der Waals surface area contributed by atoms with E-state index in [0.29, 0.717) is 6.04 Å². The number of hydrogen-bond donors (Lipinski definition) is 2. The molecular formula is C12H17FN2O. The highest BCUT2D eigenvalue weighted by molar-refractivity contribution is 5.47. The van der Waals surface area contributed by atoms with Crippen molar-refractivity contribution >= 4 is 5.69 Å². The minimum atomic E-state index is -0.327. The molecular weight excluding hydrogens is 207 g/mol. The molecule has 1 heterocycles. The van der Waals surface area contributed by atoms with Crippen LogP contribution >= 0.6 is 0 Å². The Morgan fingerprint density at radius 3 is 3.06 bits per heavy atom. The minimum absolute atomic E-state index is 0.282. The highest BCUT2D eigenvalue weighted by atomic mass is 19.1. The molecule has 1 aliphatic heterocycles. The molecule has 1 aromatic carbocycles. The predicted molar refractivity (Wildman–Crippen MR) is 62.5 cm³/mol. The van der Waals surface area contributed by atoms with Gasteiger partial charge in [0, 0.05) is 24.3 Å². The van der Waals surface area contributed by atoms with Gasteiger partial charge in [-0.05, 0) is 31.5 Å². The van der Waals surface area contributed by atoms with Gasteiger partial charge in [0.05, 0.1) is 7.11 Å². The van der Waals surface area contributed by atoms with Crippen LogP contribution in [-0.2, 0) is 0 Å². The van der Waals surface area contributed by atoms with Crippen molar-refractivity contribution in [2.24, 2.45) is 0 Å². The van der Waals surface area contributed by atoms with Gasteiger partial charge in [-0.25, -0.2) is 4.39 Å². The number of halogens is 1. The molecule has 0 bridgehead atoms. The first-order valence-electron chi connectivity index (χ1n) is 5.60. The summed E-state index contributed by atoms with van der Waals surface area (Å²) in [6.45, 7) is 1.93. The Balaban J connectivity index is 1.91. The smallest absolute Gasteiger partial charge is 0.167 e. The van der Waals surface area contributed by atoms with Crippen LogP contribution in [0.25, 0.3) is 0 Å². The number of nitrogens with one attached hydrogen (secondary N) is 2. The van der Waals surface area contributed by atoms with Crippen LogP contribution in [0.4, 0.5) is 10.1 Å². The maximum Gasteiger partial charge on any atom is 0.167 e. The summed E-state index contributed by atoms with van der Waals surface area (Å²) in [5.41, 5.74) is 0.798. The zero-order chi connectivity index (χ0) is 11.4. The van der Waals surface area contributed by atoms with E-state index in [1.54, 1.807) is 6.07 Å². The Labute approximate surface area is 95.0 Å². The van der Waals surface area contributed by atoms with Gasteiger partial charge in [-0.2, -0.15) is 0 Å². The Morgan fingerprint density at radius 1 is 1.56 bits per heavy atom. The van der Waals surface area contributed by atoms with Gasteiger partial charge in [-0.15, -0.1) is 0 Å². The van der Waals surface area contributed by atoms with Gasteiger partial charge in [-0.1, -0.05) is 0 Å². The number of benzene rings is 1. The first-order valence-corrected chi connectivity index (χ1v) is 5.60. The second kappa shape index (κ2) is 5.16. The van der Waals surface area contributed by atoms with Crippen LogP contribution in [0.2, 0.25) is 0 Å². The van der Waals surface area contributed by atoms with Crippen LogP contribution in [0.1, 0.15) is 12.8 Å². The van der Waals surface area contributed by atoms with Crippen molar-refractivity contribution in [3.8, 4) is 5.75 Å². The molecule has 88 valence electrons. The lowest BCUT2D eigenvalue weighted by molar-refractivity contribution is 0.386. The summed E-state index contributed by atoms with van der Waals surface area (Å²) in [5, 5.41) is 6.60. The molecule has 2 rings (SSSR count). The Bertz CT molecular complexity index is 351. The van der Waals surface area contributed by atoms with Crippen molar-refractivity contribution in [3.05, 3.63) is 24.0 Å². The monoisotopic (exact) mass is 224 g/mol. The minimum Gasteiger partial charge on any atom is -0.494 e. The molecule has 2 N–H and O–H groups in total. The second-order valence-corrected chi connectivity index (χ2v) is 4.02. The molecule has 1 fully saturated rings. The highest BCUT2D eigenvalue weighted by Gasteiger charge is 2.13. The van der Waals surface area contributed by atoms with Crippen molar-refractivity contribution in [1.29, 1.82) is 0 Å². The van der Waals surface area contributed by atoms with Crippen molar-refractivity contribution in [3.63, 3.8) is 0 Å². The Morgan fingerprint density at radius 2 is 2.44 bits per heavy atom. The molecule has 1 unspecified atom stereocenters. The van der Waals surface area contributed by atoms with E-state index < -0.39 is 0 Å². The molecule has 1 atom stereocenters. The van der Waals surface area contributed by atoms with Crippen molar-refractivity contribution in [2.45, 2.75) is 18.9 Å². The molecule has 4 heteroatoms. The van der Waals surface area contributed by atoms with E-state index in [9.17, 15) is 4.39 Å². The van der Waals surface area contributed by atoms with E-state index >= 15 is 0 Å². The highest BCUT2D eigenvalue weighted by Crippen LogP contribution is 2.20. The van der Waals surface area contributed by atoms with Gasteiger partial charge >= 0.3 is 0 Å². The third-order valence-electron chi connectivity index (χ3n) is 2.87. The average molecular weight is 224 g/mol. The number of anilines is 1. The Hall–Kier alpha value is -1.29. The van der Waals surface area contributed by atoms with Crippen LogP contribution in [-0.4, -0.2) is 26.2 Å². The van der Waals surface area contributed by atoms with Crippen molar-refractivity contribution in [1.82, 2.24) is 5.32 Å². The van der Waals surface area contributed by atoms with Gasteiger partial charge in [-0.3, -0.25) is 0 Å². The molecule has 3 nitrogen and oxygen atoms in total. The van der Waals surface area contributed by atoms with Gasteiger partial charge in [0.2, 0.25) is 0 Å². The van der Waals surface area contributed by atoms with Crippen LogP contribution in [0, 0.1) is 5.82 Å². The quantitative estimate of drug-likeness (QED) is 0.820. The maximum atomic E-state index is 13.4. The van der Waals surface area contributed by atoms with Gasteiger partial charge in [0.25, 0.3) is 0 Å². The number of rotatable bonds is 4. The third kappa shape index (κ3) is 2.64. The van der Waals surface area contributed by atoms with Crippen LogP contribution < -0.4 is 15.4 Å². The van der Waals surface area contributed by atoms with Gasteiger partial charge in [0.1, 0.15) is 0 Å². The molecule has 1 aromatic rings. The molecule has 0 aromatic heterocycles. The fourth-order valence-electron chi connectivity index (χ4n) is 1.95. The molecule has 16 heavy (non-hydrogen) atoms. The summed E-state index contributed by atoms with van der Waals surface area (Å²) in [6, 6.07) is 5.44. The first kappa shape index (κ1) is 11.2. The lowest BCUT2D eigenvalue weighted by Crippen LogP contribution is -2.29. The standard InChI is InChI=1S/C12H17FN2O/c1-16-12-5-4-9(7-11(12)13)15-8-10-3-2-6-14-10/h4-5,7,10,14-15H,2-3,6,8H2,1H3. The van der Waals surface area contributed by atoms with Crippen LogP contribution in [0.15, 0.2) is 18.2 Å². The van der Waals surface area contributed by atoms with Crippen molar-refractivity contribution in [2.75, 3.05) is 25.5 Å². The largest absolute Gasteiger partial charge is 0.494 e. The molecule has 0 amide bonds. The van der Waals surface area contributed by atoms with Crippen LogP contribution in [0.3, 0.4) is 0 Å². The second-order valence-electron chi connectivity index (χ2n) is 4.02. The summed E-state index contributed by atoms with van der Waals surface area (Å²) >= 11 is 0. The Kier molecular flexibility index (Phi) is 3.62.